The van der Waals surface area contributed by atoms with E-state index < -0.39 is 5.60 Å². The number of fused-ring (bicyclic) bond motifs is 1. The van der Waals surface area contributed by atoms with E-state index in [0.717, 1.165) is 16.9 Å². The quantitative estimate of drug-likeness (QED) is 0.736. The Balaban J connectivity index is 1.49. The standard InChI is InChI=1S/C23H24O3/c1-17-15-23(24,11-12-25-17)21-7-4-8-22(14-21)26-16-18-9-10-19-5-2-3-6-20(19)13-18/h2-10,13-14,17,24H,11-12,15-16H2,1H3/t17-,23-/m1/s1. The SMILES string of the molecule is C[C@@H]1C[C@@](O)(c2cccc(OCc3ccc4ccccc4c3)c2)CCO1. The molecular formula is C23H24O3. The summed E-state index contributed by atoms with van der Waals surface area (Å²) in [5, 5.41) is 13.5. The summed E-state index contributed by atoms with van der Waals surface area (Å²) < 4.78 is 11.6. The summed E-state index contributed by atoms with van der Waals surface area (Å²) in [5.74, 6) is 0.781. The van der Waals surface area contributed by atoms with Gasteiger partial charge in [-0.2, -0.15) is 0 Å². The molecule has 1 saturated heterocycles. The molecule has 0 bridgehead atoms. The van der Waals surface area contributed by atoms with Gasteiger partial charge in [0.15, 0.2) is 0 Å². The van der Waals surface area contributed by atoms with Crippen LogP contribution in [0.15, 0.2) is 66.7 Å². The zero-order valence-corrected chi connectivity index (χ0v) is 15.0. The number of rotatable bonds is 4. The lowest BCUT2D eigenvalue weighted by molar-refractivity contribution is -0.101. The fourth-order valence-electron chi connectivity index (χ4n) is 3.70. The molecule has 0 saturated carbocycles. The number of hydrogen-bond acceptors (Lipinski definition) is 3. The first-order valence-corrected chi connectivity index (χ1v) is 9.17. The second kappa shape index (κ2) is 7.10. The van der Waals surface area contributed by atoms with E-state index in [-0.39, 0.29) is 6.10 Å². The summed E-state index contributed by atoms with van der Waals surface area (Å²) in [7, 11) is 0. The molecular weight excluding hydrogens is 324 g/mol. The Kier molecular flexibility index (Phi) is 4.66. The van der Waals surface area contributed by atoms with Crippen LogP contribution >= 0.6 is 0 Å². The largest absolute Gasteiger partial charge is 0.489 e. The maximum Gasteiger partial charge on any atom is 0.120 e. The highest BCUT2D eigenvalue weighted by atomic mass is 16.5. The average Bonchev–Trinajstić information content (AvgIpc) is 2.66. The normalized spacial score (nSPS) is 23.1. The monoisotopic (exact) mass is 348 g/mol. The van der Waals surface area contributed by atoms with Crippen LogP contribution in [-0.2, 0) is 16.9 Å². The Morgan fingerprint density at radius 3 is 2.73 bits per heavy atom. The molecule has 1 fully saturated rings. The first-order chi connectivity index (χ1) is 12.6. The van der Waals surface area contributed by atoms with Gasteiger partial charge in [0, 0.05) is 12.8 Å². The molecule has 4 rings (SSSR count). The zero-order valence-electron chi connectivity index (χ0n) is 15.0. The van der Waals surface area contributed by atoms with Crippen molar-refractivity contribution < 1.29 is 14.6 Å². The van der Waals surface area contributed by atoms with Crippen molar-refractivity contribution in [1.29, 1.82) is 0 Å². The van der Waals surface area contributed by atoms with Crippen molar-refractivity contribution in [2.45, 2.75) is 38.1 Å². The molecule has 1 N–H and O–H groups in total. The predicted octanol–water partition coefficient (Wildman–Crippen LogP) is 4.81. The van der Waals surface area contributed by atoms with Gasteiger partial charge in [0.25, 0.3) is 0 Å². The van der Waals surface area contributed by atoms with E-state index in [0.29, 0.717) is 26.1 Å². The highest BCUT2D eigenvalue weighted by Gasteiger charge is 2.35. The lowest BCUT2D eigenvalue weighted by Gasteiger charge is -2.36. The van der Waals surface area contributed by atoms with Crippen LogP contribution < -0.4 is 4.74 Å². The van der Waals surface area contributed by atoms with Crippen LogP contribution in [-0.4, -0.2) is 17.8 Å². The number of aliphatic hydroxyl groups is 1. The molecule has 0 aromatic heterocycles. The Hall–Kier alpha value is -2.36. The number of hydrogen-bond donors (Lipinski definition) is 1. The molecule has 0 unspecified atom stereocenters. The van der Waals surface area contributed by atoms with Gasteiger partial charge in [-0.1, -0.05) is 48.5 Å². The van der Waals surface area contributed by atoms with E-state index >= 15 is 0 Å². The topological polar surface area (TPSA) is 38.7 Å². The summed E-state index contributed by atoms with van der Waals surface area (Å²) >= 11 is 0. The van der Waals surface area contributed by atoms with Crippen molar-refractivity contribution in [3.8, 4) is 5.75 Å². The van der Waals surface area contributed by atoms with Gasteiger partial charge in [-0.15, -0.1) is 0 Å². The third kappa shape index (κ3) is 3.59. The molecule has 0 spiro atoms. The maximum atomic E-state index is 11.0. The van der Waals surface area contributed by atoms with Gasteiger partial charge in [0.05, 0.1) is 18.3 Å². The first kappa shape index (κ1) is 17.1. The van der Waals surface area contributed by atoms with Crippen molar-refractivity contribution in [2.24, 2.45) is 0 Å². The Labute approximate surface area is 154 Å². The summed E-state index contributed by atoms with van der Waals surface area (Å²) in [6.45, 7) is 3.09. The van der Waals surface area contributed by atoms with Crippen LogP contribution in [0.4, 0.5) is 0 Å². The van der Waals surface area contributed by atoms with Gasteiger partial charge < -0.3 is 14.6 Å². The summed E-state index contributed by atoms with van der Waals surface area (Å²) in [6, 6.07) is 22.5. The molecule has 3 aromatic rings. The zero-order chi connectivity index (χ0) is 18.0. The molecule has 0 radical (unpaired) electrons. The van der Waals surface area contributed by atoms with Crippen LogP contribution in [0.3, 0.4) is 0 Å². The van der Waals surface area contributed by atoms with E-state index in [9.17, 15) is 5.11 Å². The smallest absolute Gasteiger partial charge is 0.120 e. The Bertz CT molecular complexity index is 905. The Morgan fingerprint density at radius 2 is 1.88 bits per heavy atom. The molecule has 3 aromatic carbocycles. The Morgan fingerprint density at radius 1 is 1.04 bits per heavy atom. The van der Waals surface area contributed by atoms with E-state index in [1.165, 1.54) is 10.8 Å². The number of benzene rings is 3. The van der Waals surface area contributed by atoms with Crippen LogP contribution in [0.1, 0.15) is 30.9 Å². The van der Waals surface area contributed by atoms with Gasteiger partial charge >= 0.3 is 0 Å². The second-order valence-corrected chi connectivity index (χ2v) is 7.17. The number of ether oxygens (including phenoxy) is 2. The minimum absolute atomic E-state index is 0.0657. The highest BCUT2D eigenvalue weighted by molar-refractivity contribution is 5.82. The molecule has 1 aliphatic heterocycles. The lowest BCUT2D eigenvalue weighted by Crippen LogP contribution is -2.37. The van der Waals surface area contributed by atoms with E-state index in [1.54, 1.807) is 0 Å². The molecule has 134 valence electrons. The minimum Gasteiger partial charge on any atom is -0.489 e. The van der Waals surface area contributed by atoms with E-state index in [2.05, 4.69) is 30.3 Å². The van der Waals surface area contributed by atoms with E-state index in [4.69, 9.17) is 9.47 Å². The first-order valence-electron chi connectivity index (χ1n) is 9.17. The molecule has 26 heavy (non-hydrogen) atoms. The van der Waals surface area contributed by atoms with Crippen molar-refractivity contribution in [2.75, 3.05) is 6.61 Å². The van der Waals surface area contributed by atoms with Gasteiger partial charge in [0.2, 0.25) is 0 Å². The maximum absolute atomic E-state index is 11.0. The molecule has 3 heteroatoms. The third-order valence-electron chi connectivity index (χ3n) is 5.13. The van der Waals surface area contributed by atoms with Gasteiger partial charge in [-0.3, -0.25) is 0 Å². The van der Waals surface area contributed by atoms with Crippen LogP contribution in [0.2, 0.25) is 0 Å². The second-order valence-electron chi connectivity index (χ2n) is 7.17. The molecule has 1 aliphatic rings. The van der Waals surface area contributed by atoms with Crippen LogP contribution in [0.25, 0.3) is 10.8 Å². The molecule has 1 heterocycles. The molecule has 3 nitrogen and oxygen atoms in total. The third-order valence-corrected chi connectivity index (χ3v) is 5.13. The lowest BCUT2D eigenvalue weighted by atomic mass is 9.84. The van der Waals surface area contributed by atoms with Gasteiger partial charge in [-0.25, -0.2) is 0 Å². The van der Waals surface area contributed by atoms with E-state index in [1.807, 2.05) is 43.3 Å². The van der Waals surface area contributed by atoms with Gasteiger partial charge in [0.1, 0.15) is 12.4 Å². The molecule has 2 atom stereocenters. The van der Waals surface area contributed by atoms with Crippen LogP contribution in [0, 0.1) is 0 Å². The average molecular weight is 348 g/mol. The van der Waals surface area contributed by atoms with Crippen LogP contribution in [0.5, 0.6) is 5.75 Å². The van der Waals surface area contributed by atoms with Gasteiger partial charge in [-0.05, 0) is 47.0 Å². The van der Waals surface area contributed by atoms with Crippen molar-refractivity contribution in [1.82, 2.24) is 0 Å². The summed E-state index contributed by atoms with van der Waals surface area (Å²) in [6.07, 6.45) is 1.29. The van der Waals surface area contributed by atoms with Crippen molar-refractivity contribution in [3.63, 3.8) is 0 Å². The summed E-state index contributed by atoms with van der Waals surface area (Å²) in [5.41, 5.74) is 1.20. The fraction of sp³-hybridized carbons (Fsp3) is 0.304. The summed E-state index contributed by atoms with van der Waals surface area (Å²) in [4.78, 5) is 0. The highest BCUT2D eigenvalue weighted by Crippen LogP contribution is 2.36. The van der Waals surface area contributed by atoms with Crippen molar-refractivity contribution in [3.05, 3.63) is 77.9 Å². The predicted molar refractivity (Wildman–Crippen MR) is 103 cm³/mol. The minimum atomic E-state index is -0.833. The van der Waals surface area contributed by atoms with Crippen molar-refractivity contribution >= 4 is 10.8 Å². The molecule has 0 aliphatic carbocycles. The fourth-order valence-corrected chi connectivity index (χ4v) is 3.70. The molecule has 0 amide bonds.